The first kappa shape index (κ1) is 13.6. The summed E-state index contributed by atoms with van der Waals surface area (Å²) in [5.74, 6) is 0. The molecule has 1 saturated heterocycles. The summed E-state index contributed by atoms with van der Waals surface area (Å²) >= 11 is 0. The molecule has 1 aromatic heterocycles. The Kier molecular flexibility index (Phi) is 4.78. The number of aliphatic hydroxyl groups excluding tert-OH is 1. The summed E-state index contributed by atoms with van der Waals surface area (Å²) in [6, 6.07) is 2.70. The van der Waals surface area contributed by atoms with Crippen molar-refractivity contribution < 1.29 is 5.11 Å². The van der Waals surface area contributed by atoms with Gasteiger partial charge in [0.25, 0.3) is 0 Å². The normalized spacial score (nSPS) is 23.8. The highest BCUT2D eigenvalue weighted by molar-refractivity contribution is 5.02. The molecule has 3 unspecified atom stereocenters. The van der Waals surface area contributed by atoms with Gasteiger partial charge in [-0.25, -0.2) is 0 Å². The van der Waals surface area contributed by atoms with Crippen LogP contribution in [0.1, 0.15) is 51.3 Å². The Labute approximate surface area is 109 Å². The molecule has 0 spiro atoms. The second-order valence-corrected chi connectivity index (χ2v) is 5.37. The SMILES string of the molecule is CCC(C)n1ccc(CC(O)C2CCCCN2)n1. The van der Waals surface area contributed by atoms with Crippen LogP contribution in [0.4, 0.5) is 0 Å². The van der Waals surface area contributed by atoms with Gasteiger partial charge in [0, 0.05) is 24.7 Å². The van der Waals surface area contributed by atoms with Gasteiger partial charge in [-0.3, -0.25) is 4.68 Å². The number of hydrogen-bond donors (Lipinski definition) is 2. The maximum absolute atomic E-state index is 10.2. The molecule has 1 aliphatic rings. The van der Waals surface area contributed by atoms with Gasteiger partial charge in [-0.2, -0.15) is 5.10 Å². The Hall–Kier alpha value is -0.870. The van der Waals surface area contributed by atoms with Crippen LogP contribution in [0.5, 0.6) is 0 Å². The third-order valence-corrected chi connectivity index (χ3v) is 3.94. The Morgan fingerprint density at radius 3 is 3.06 bits per heavy atom. The zero-order valence-electron chi connectivity index (χ0n) is 11.5. The molecule has 2 rings (SSSR count). The Morgan fingerprint density at radius 2 is 2.39 bits per heavy atom. The van der Waals surface area contributed by atoms with E-state index in [0.717, 1.165) is 25.1 Å². The number of aromatic nitrogens is 2. The van der Waals surface area contributed by atoms with Crippen LogP contribution in [-0.2, 0) is 6.42 Å². The molecule has 18 heavy (non-hydrogen) atoms. The number of nitrogens with zero attached hydrogens (tertiary/aromatic N) is 2. The maximum Gasteiger partial charge on any atom is 0.0749 e. The molecule has 4 heteroatoms. The van der Waals surface area contributed by atoms with E-state index in [9.17, 15) is 5.11 Å². The number of piperidine rings is 1. The summed E-state index contributed by atoms with van der Waals surface area (Å²) in [4.78, 5) is 0. The van der Waals surface area contributed by atoms with Gasteiger partial charge in [-0.05, 0) is 38.8 Å². The van der Waals surface area contributed by atoms with E-state index in [1.807, 2.05) is 16.9 Å². The maximum atomic E-state index is 10.2. The van der Waals surface area contributed by atoms with Crippen LogP contribution in [0.2, 0.25) is 0 Å². The van der Waals surface area contributed by atoms with E-state index in [1.54, 1.807) is 0 Å². The molecule has 2 N–H and O–H groups in total. The summed E-state index contributed by atoms with van der Waals surface area (Å²) in [5, 5.41) is 18.2. The van der Waals surface area contributed by atoms with Crippen LogP contribution in [0.3, 0.4) is 0 Å². The molecule has 0 amide bonds. The minimum absolute atomic E-state index is 0.243. The molecule has 0 bridgehead atoms. The van der Waals surface area contributed by atoms with Crippen molar-refractivity contribution in [3.63, 3.8) is 0 Å². The highest BCUT2D eigenvalue weighted by atomic mass is 16.3. The van der Waals surface area contributed by atoms with Gasteiger partial charge < -0.3 is 10.4 Å². The van der Waals surface area contributed by atoms with Gasteiger partial charge in [0.15, 0.2) is 0 Å². The predicted octanol–water partition coefficient (Wildman–Crippen LogP) is 1.90. The van der Waals surface area contributed by atoms with E-state index in [-0.39, 0.29) is 12.1 Å². The van der Waals surface area contributed by atoms with Crippen molar-refractivity contribution in [3.05, 3.63) is 18.0 Å². The van der Waals surface area contributed by atoms with Gasteiger partial charge in [-0.15, -0.1) is 0 Å². The molecule has 1 aliphatic heterocycles. The predicted molar refractivity (Wildman–Crippen MR) is 72.6 cm³/mol. The first-order chi connectivity index (χ1) is 8.70. The first-order valence-corrected chi connectivity index (χ1v) is 7.16. The van der Waals surface area contributed by atoms with Crippen LogP contribution in [0.25, 0.3) is 0 Å². The molecule has 1 fully saturated rings. The van der Waals surface area contributed by atoms with Crippen molar-refractivity contribution in [2.24, 2.45) is 0 Å². The number of nitrogens with one attached hydrogen (secondary N) is 1. The van der Waals surface area contributed by atoms with Crippen LogP contribution in [0.15, 0.2) is 12.3 Å². The molecular weight excluding hydrogens is 226 g/mol. The van der Waals surface area contributed by atoms with Crippen molar-refractivity contribution in [2.45, 2.75) is 64.1 Å². The van der Waals surface area contributed by atoms with Gasteiger partial charge >= 0.3 is 0 Å². The molecule has 4 nitrogen and oxygen atoms in total. The van der Waals surface area contributed by atoms with Crippen molar-refractivity contribution in [3.8, 4) is 0 Å². The minimum atomic E-state index is -0.314. The molecular formula is C14H25N3O. The Morgan fingerprint density at radius 1 is 1.56 bits per heavy atom. The summed E-state index contributed by atoms with van der Waals surface area (Å²) < 4.78 is 2.00. The second kappa shape index (κ2) is 6.34. The molecule has 0 radical (unpaired) electrons. The molecule has 102 valence electrons. The van der Waals surface area contributed by atoms with Gasteiger partial charge in [-0.1, -0.05) is 13.3 Å². The van der Waals surface area contributed by atoms with Crippen LogP contribution >= 0.6 is 0 Å². The highest BCUT2D eigenvalue weighted by Gasteiger charge is 2.22. The van der Waals surface area contributed by atoms with Gasteiger partial charge in [0.05, 0.1) is 11.8 Å². The van der Waals surface area contributed by atoms with Crippen molar-refractivity contribution >= 4 is 0 Å². The minimum Gasteiger partial charge on any atom is -0.391 e. The molecule has 0 saturated carbocycles. The van der Waals surface area contributed by atoms with Crippen molar-refractivity contribution in [1.82, 2.24) is 15.1 Å². The zero-order chi connectivity index (χ0) is 13.0. The second-order valence-electron chi connectivity index (χ2n) is 5.37. The average molecular weight is 251 g/mol. The number of hydrogen-bond acceptors (Lipinski definition) is 3. The lowest BCUT2D eigenvalue weighted by Crippen LogP contribution is -2.44. The molecule has 0 aliphatic carbocycles. The van der Waals surface area contributed by atoms with Gasteiger partial charge in [0.2, 0.25) is 0 Å². The quantitative estimate of drug-likeness (QED) is 0.840. The van der Waals surface area contributed by atoms with E-state index in [0.29, 0.717) is 12.5 Å². The lowest BCUT2D eigenvalue weighted by Gasteiger charge is -2.27. The van der Waals surface area contributed by atoms with E-state index in [1.165, 1.54) is 12.8 Å². The summed E-state index contributed by atoms with van der Waals surface area (Å²) in [6.07, 6.45) is 6.96. The molecule has 3 atom stereocenters. The van der Waals surface area contributed by atoms with E-state index in [4.69, 9.17) is 0 Å². The third-order valence-electron chi connectivity index (χ3n) is 3.94. The zero-order valence-corrected chi connectivity index (χ0v) is 11.5. The monoisotopic (exact) mass is 251 g/mol. The number of rotatable bonds is 5. The van der Waals surface area contributed by atoms with E-state index >= 15 is 0 Å². The van der Waals surface area contributed by atoms with Crippen LogP contribution < -0.4 is 5.32 Å². The summed E-state index contributed by atoms with van der Waals surface area (Å²) in [7, 11) is 0. The fraction of sp³-hybridized carbons (Fsp3) is 0.786. The lowest BCUT2D eigenvalue weighted by molar-refractivity contribution is 0.112. The smallest absolute Gasteiger partial charge is 0.0749 e. The highest BCUT2D eigenvalue weighted by Crippen LogP contribution is 2.15. The largest absolute Gasteiger partial charge is 0.391 e. The molecule has 1 aromatic rings. The van der Waals surface area contributed by atoms with Crippen LogP contribution in [-0.4, -0.2) is 33.6 Å². The standard InChI is InChI=1S/C14H25N3O/c1-3-11(2)17-9-7-12(16-17)10-14(18)13-6-4-5-8-15-13/h7,9,11,13-15,18H,3-6,8,10H2,1-2H3. The molecule has 0 aromatic carbocycles. The summed E-state index contributed by atoms with van der Waals surface area (Å²) in [6.45, 7) is 5.35. The van der Waals surface area contributed by atoms with Crippen molar-refractivity contribution in [2.75, 3.05) is 6.54 Å². The Bertz CT molecular complexity index is 358. The van der Waals surface area contributed by atoms with E-state index in [2.05, 4.69) is 24.3 Å². The van der Waals surface area contributed by atoms with Gasteiger partial charge in [0.1, 0.15) is 0 Å². The third kappa shape index (κ3) is 3.33. The first-order valence-electron chi connectivity index (χ1n) is 7.16. The van der Waals surface area contributed by atoms with E-state index < -0.39 is 0 Å². The number of aliphatic hydroxyl groups is 1. The lowest BCUT2D eigenvalue weighted by atomic mass is 9.97. The fourth-order valence-electron chi connectivity index (χ4n) is 2.48. The average Bonchev–Trinajstić information content (AvgIpc) is 2.87. The summed E-state index contributed by atoms with van der Waals surface area (Å²) in [5.41, 5.74) is 0.996. The fourth-order valence-corrected chi connectivity index (χ4v) is 2.48. The van der Waals surface area contributed by atoms with Crippen molar-refractivity contribution in [1.29, 1.82) is 0 Å². The Balaban J connectivity index is 1.90. The van der Waals surface area contributed by atoms with Crippen LogP contribution in [0, 0.1) is 0 Å². The molecule has 2 heterocycles. The topological polar surface area (TPSA) is 50.1 Å².